The number of hydrogen-bond acceptors (Lipinski definition) is 7. The van der Waals surface area contributed by atoms with Crippen LogP contribution in [-0.4, -0.2) is 87.4 Å². The van der Waals surface area contributed by atoms with E-state index in [4.69, 9.17) is 18.9 Å². The first kappa shape index (κ1) is 65.2. The van der Waals surface area contributed by atoms with Gasteiger partial charge in [-0.25, -0.2) is 4.79 Å². The van der Waals surface area contributed by atoms with Crippen LogP contribution in [0.5, 0.6) is 0 Å². The fraction of sp³-hybridized carbons (Fsp3) is 0.683. The Balaban J connectivity index is 4.39. The van der Waals surface area contributed by atoms with E-state index in [1.54, 1.807) is 0 Å². The molecule has 0 aliphatic rings. The number of carbonyl (C=O) groups is 3. The van der Waals surface area contributed by atoms with Gasteiger partial charge in [0.15, 0.2) is 6.10 Å². The first-order chi connectivity index (χ1) is 33.6. The van der Waals surface area contributed by atoms with Gasteiger partial charge in [-0.3, -0.25) is 9.59 Å². The van der Waals surface area contributed by atoms with Gasteiger partial charge in [0, 0.05) is 12.8 Å². The summed E-state index contributed by atoms with van der Waals surface area (Å²) in [5, 5.41) is 9.69. The minimum Gasteiger partial charge on any atom is -0.477 e. The molecule has 0 aliphatic heterocycles. The number of carbonyl (C=O) groups excluding carboxylic acids is 2. The Morgan fingerprint density at radius 3 is 1.26 bits per heavy atom. The van der Waals surface area contributed by atoms with Gasteiger partial charge in [-0.1, -0.05) is 195 Å². The molecule has 0 heterocycles. The zero-order valence-corrected chi connectivity index (χ0v) is 44.7. The second-order valence-electron chi connectivity index (χ2n) is 19.2. The monoisotopic (exact) mass is 965 g/mol. The molecule has 9 nitrogen and oxygen atoms in total. The van der Waals surface area contributed by atoms with Crippen LogP contribution in [0.4, 0.5) is 0 Å². The Morgan fingerprint density at radius 2 is 0.826 bits per heavy atom. The normalized spacial score (nSPS) is 13.6. The quantitative estimate of drug-likeness (QED) is 0.0211. The van der Waals surface area contributed by atoms with Crippen LogP contribution >= 0.6 is 0 Å². The lowest BCUT2D eigenvalue weighted by molar-refractivity contribution is -0.870. The average Bonchev–Trinajstić information content (AvgIpc) is 3.31. The van der Waals surface area contributed by atoms with Crippen molar-refractivity contribution in [2.24, 2.45) is 0 Å². The van der Waals surface area contributed by atoms with Gasteiger partial charge in [0.1, 0.15) is 13.2 Å². The maximum absolute atomic E-state index is 12.8. The summed E-state index contributed by atoms with van der Waals surface area (Å²) in [5.41, 5.74) is 0. The van der Waals surface area contributed by atoms with Crippen molar-refractivity contribution in [1.29, 1.82) is 0 Å². The topological polar surface area (TPSA) is 108 Å². The molecule has 0 aliphatic carbocycles. The van der Waals surface area contributed by atoms with E-state index >= 15 is 0 Å². The number of hydrogen-bond donors (Lipinski definition) is 1. The maximum atomic E-state index is 12.8. The standard InChI is InChI=1S/C60H101NO8/c1-6-8-10-12-14-16-18-20-22-24-26-28-29-31-32-34-36-38-40-42-44-46-48-50-57(62)67-54-56(55-68-60(59(64)65)66-53-52-61(3,4)5)69-58(63)51-49-47-45-43-41-39-37-35-33-30-27-25-23-21-19-17-15-13-11-9-7-2/h9,11,15,17-18,20-21,23-24,26-27,30,35,37,41,43,56,60H,6-8,10,12-14,16,19,22,25,28-29,31-34,36,38-40,42,44-55H2,1-5H3/p+1/b11-9-,17-15-,20-18-,23-21-,26-24-,30-27-,37-35-,43-41-. The van der Waals surface area contributed by atoms with Crippen LogP contribution in [0, 0.1) is 0 Å². The van der Waals surface area contributed by atoms with Crippen LogP contribution in [0.3, 0.4) is 0 Å². The molecule has 2 unspecified atom stereocenters. The summed E-state index contributed by atoms with van der Waals surface area (Å²) in [6.45, 7) is 4.69. The fourth-order valence-electron chi connectivity index (χ4n) is 7.10. The maximum Gasteiger partial charge on any atom is 0.361 e. The van der Waals surface area contributed by atoms with Crippen molar-refractivity contribution < 1.29 is 42.9 Å². The smallest absolute Gasteiger partial charge is 0.361 e. The van der Waals surface area contributed by atoms with Gasteiger partial charge in [0.05, 0.1) is 34.4 Å². The summed E-state index contributed by atoms with van der Waals surface area (Å²) in [6, 6.07) is 0. The van der Waals surface area contributed by atoms with Gasteiger partial charge in [-0.15, -0.1) is 0 Å². The molecule has 2 atom stereocenters. The molecule has 9 heteroatoms. The highest BCUT2D eigenvalue weighted by atomic mass is 16.7. The molecule has 0 amide bonds. The van der Waals surface area contributed by atoms with Crippen molar-refractivity contribution in [3.8, 4) is 0 Å². The summed E-state index contributed by atoms with van der Waals surface area (Å²) in [5.74, 6) is -2.08. The van der Waals surface area contributed by atoms with Crippen molar-refractivity contribution in [3.63, 3.8) is 0 Å². The molecule has 0 bridgehead atoms. The summed E-state index contributed by atoms with van der Waals surface area (Å²) in [6.07, 6.45) is 64.8. The van der Waals surface area contributed by atoms with Crippen molar-refractivity contribution in [2.45, 2.75) is 219 Å². The van der Waals surface area contributed by atoms with Crippen molar-refractivity contribution in [2.75, 3.05) is 47.5 Å². The molecule has 0 saturated heterocycles. The Bertz CT molecular complexity index is 1450. The predicted octanol–water partition coefficient (Wildman–Crippen LogP) is 15.8. The number of rotatable bonds is 49. The predicted molar refractivity (Wildman–Crippen MR) is 290 cm³/mol. The van der Waals surface area contributed by atoms with Gasteiger partial charge in [-0.05, 0) is 96.3 Å². The number of unbranched alkanes of at least 4 members (excludes halogenated alkanes) is 18. The number of carboxylic acids is 1. The molecule has 0 fully saturated rings. The van der Waals surface area contributed by atoms with Crippen molar-refractivity contribution >= 4 is 17.9 Å². The molecule has 0 aromatic rings. The zero-order valence-electron chi connectivity index (χ0n) is 44.7. The first-order valence-electron chi connectivity index (χ1n) is 27.4. The van der Waals surface area contributed by atoms with Crippen LogP contribution in [0.25, 0.3) is 0 Å². The van der Waals surface area contributed by atoms with Gasteiger partial charge >= 0.3 is 17.9 Å². The molecule has 69 heavy (non-hydrogen) atoms. The van der Waals surface area contributed by atoms with E-state index in [1.807, 2.05) is 21.1 Å². The van der Waals surface area contributed by atoms with E-state index < -0.39 is 24.3 Å². The molecule has 0 radical (unpaired) electrons. The lowest BCUT2D eigenvalue weighted by Crippen LogP contribution is -2.40. The molecular formula is C60H102NO8+. The first-order valence-corrected chi connectivity index (χ1v) is 27.4. The zero-order chi connectivity index (χ0) is 50.6. The number of nitrogens with zero attached hydrogens (tertiary/aromatic N) is 1. The number of allylic oxidation sites excluding steroid dienone is 16. The van der Waals surface area contributed by atoms with E-state index in [0.29, 0.717) is 17.4 Å². The highest BCUT2D eigenvalue weighted by Gasteiger charge is 2.25. The number of esters is 2. The van der Waals surface area contributed by atoms with Crippen LogP contribution in [0.2, 0.25) is 0 Å². The van der Waals surface area contributed by atoms with Crippen LogP contribution in [-0.2, 0) is 33.3 Å². The van der Waals surface area contributed by atoms with Crippen LogP contribution in [0.15, 0.2) is 97.2 Å². The molecule has 0 aromatic heterocycles. The van der Waals surface area contributed by atoms with Gasteiger partial charge in [-0.2, -0.15) is 0 Å². The van der Waals surface area contributed by atoms with Gasteiger partial charge in [0.25, 0.3) is 6.29 Å². The highest BCUT2D eigenvalue weighted by molar-refractivity contribution is 5.71. The van der Waals surface area contributed by atoms with E-state index in [9.17, 15) is 19.5 Å². The lowest BCUT2D eigenvalue weighted by Gasteiger charge is -2.25. The van der Waals surface area contributed by atoms with Gasteiger partial charge < -0.3 is 28.5 Å². The molecule has 0 saturated carbocycles. The number of ether oxygens (including phenoxy) is 4. The van der Waals surface area contributed by atoms with E-state index in [-0.39, 0.29) is 38.6 Å². The van der Waals surface area contributed by atoms with E-state index in [0.717, 1.165) is 77.0 Å². The molecule has 0 aromatic carbocycles. The van der Waals surface area contributed by atoms with Crippen molar-refractivity contribution in [3.05, 3.63) is 97.2 Å². The summed E-state index contributed by atoms with van der Waals surface area (Å²) < 4.78 is 22.8. The number of likely N-dealkylation sites (N-methyl/N-ethyl adjacent to an activating group) is 1. The summed E-state index contributed by atoms with van der Waals surface area (Å²) in [4.78, 5) is 37.4. The molecule has 0 spiro atoms. The van der Waals surface area contributed by atoms with Crippen LogP contribution in [0.1, 0.15) is 206 Å². The van der Waals surface area contributed by atoms with E-state index in [2.05, 4.69) is 111 Å². The number of quaternary nitrogens is 1. The number of aliphatic carboxylic acids is 1. The Kier molecular flexibility index (Phi) is 47.8. The molecule has 1 N–H and O–H groups in total. The third kappa shape index (κ3) is 51.9. The number of carboxylic acid groups (broad SMARTS) is 1. The van der Waals surface area contributed by atoms with E-state index in [1.165, 1.54) is 96.3 Å². The fourth-order valence-corrected chi connectivity index (χ4v) is 7.10. The SMILES string of the molecule is CC/C=C\C/C=C\C/C=C\C/C=C\C/C=C\C/C=C\CCCCC(=O)OC(COC(=O)CCCCCCCCCCCCC/C=C\C/C=C\CCCCCCC)COC(OCC[N+](C)(C)C)C(=O)O. The summed E-state index contributed by atoms with van der Waals surface area (Å²) >= 11 is 0. The molecule has 394 valence electrons. The minimum atomic E-state index is -1.53. The highest BCUT2D eigenvalue weighted by Crippen LogP contribution is 2.14. The Morgan fingerprint density at radius 1 is 0.449 bits per heavy atom. The largest absolute Gasteiger partial charge is 0.477 e. The lowest BCUT2D eigenvalue weighted by atomic mass is 10.0. The molecule has 0 rings (SSSR count). The Hall–Kier alpha value is -3.79. The second-order valence-corrected chi connectivity index (χ2v) is 19.2. The summed E-state index contributed by atoms with van der Waals surface area (Å²) in [7, 11) is 5.94. The van der Waals surface area contributed by atoms with Crippen molar-refractivity contribution in [1.82, 2.24) is 0 Å². The third-order valence-electron chi connectivity index (χ3n) is 11.3. The van der Waals surface area contributed by atoms with Crippen LogP contribution < -0.4 is 0 Å². The minimum absolute atomic E-state index is 0.174. The Labute approximate surface area is 422 Å². The second kappa shape index (κ2) is 50.6. The third-order valence-corrected chi connectivity index (χ3v) is 11.3. The molecular weight excluding hydrogens is 863 g/mol. The average molecular weight is 965 g/mol. The van der Waals surface area contributed by atoms with Gasteiger partial charge in [0.2, 0.25) is 0 Å².